The molecule has 1 aliphatic rings. The van der Waals surface area contributed by atoms with Crippen LogP contribution in [0.3, 0.4) is 0 Å². The Hall–Kier alpha value is -0.770. The first-order valence-corrected chi connectivity index (χ1v) is 10.6. The largest absolute Gasteiger partial charge is 0.444 e. The van der Waals surface area contributed by atoms with Crippen LogP contribution >= 0.6 is 0 Å². The van der Waals surface area contributed by atoms with Crippen molar-refractivity contribution >= 4 is 6.09 Å². The third-order valence-electron chi connectivity index (χ3n) is 4.95. The lowest BCUT2D eigenvalue weighted by molar-refractivity contribution is 0.0181. The molecule has 4 nitrogen and oxygen atoms in total. The van der Waals surface area contributed by atoms with Gasteiger partial charge in [0, 0.05) is 13.1 Å². The number of ether oxygens (including phenoxy) is 1. The fraction of sp³-hybridized carbons (Fsp3) is 0.952. The number of carbonyl (C=O) groups is 1. The van der Waals surface area contributed by atoms with E-state index in [1.165, 1.54) is 51.4 Å². The van der Waals surface area contributed by atoms with E-state index in [9.17, 15) is 4.79 Å². The Balaban J connectivity index is 1.96. The van der Waals surface area contributed by atoms with Gasteiger partial charge >= 0.3 is 6.09 Å². The number of carbonyl (C=O) groups excluding carboxylic acids is 1. The van der Waals surface area contributed by atoms with Crippen LogP contribution in [0.2, 0.25) is 0 Å². The molecule has 1 N–H and O–H groups in total. The molecule has 0 aromatic heterocycles. The van der Waals surface area contributed by atoms with Gasteiger partial charge in [-0.2, -0.15) is 0 Å². The lowest BCUT2D eigenvalue weighted by atomic mass is 9.94. The second-order valence-electron chi connectivity index (χ2n) is 8.57. The summed E-state index contributed by atoms with van der Waals surface area (Å²) in [6.07, 6.45) is 12.9. The summed E-state index contributed by atoms with van der Waals surface area (Å²) < 4.78 is 5.45. The van der Waals surface area contributed by atoms with E-state index in [4.69, 9.17) is 4.74 Å². The maximum atomic E-state index is 12.1. The van der Waals surface area contributed by atoms with Crippen molar-refractivity contribution in [2.24, 2.45) is 5.92 Å². The Morgan fingerprint density at radius 1 is 1.00 bits per heavy atom. The molecular formula is C21H42N2O2. The average molecular weight is 355 g/mol. The van der Waals surface area contributed by atoms with Gasteiger partial charge in [-0.25, -0.2) is 4.79 Å². The summed E-state index contributed by atoms with van der Waals surface area (Å²) in [5.74, 6) is 0.750. The number of nitrogens with zero attached hydrogens (tertiary/aromatic N) is 1. The second kappa shape index (κ2) is 12.6. The first-order chi connectivity index (χ1) is 11.9. The molecule has 0 atom stereocenters. The van der Waals surface area contributed by atoms with Gasteiger partial charge in [0.15, 0.2) is 0 Å². The molecule has 0 spiro atoms. The van der Waals surface area contributed by atoms with Gasteiger partial charge in [-0.3, -0.25) is 0 Å². The van der Waals surface area contributed by atoms with Gasteiger partial charge in [0.05, 0.1) is 0 Å². The fourth-order valence-electron chi connectivity index (χ4n) is 3.37. The summed E-state index contributed by atoms with van der Waals surface area (Å²) in [5, 5.41) is 3.59. The Kier molecular flexibility index (Phi) is 11.2. The summed E-state index contributed by atoms with van der Waals surface area (Å²) in [6.45, 7) is 12.0. The Labute approximate surface area is 156 Å². The van der Waals surface area contributed by atoms with E-state index in [1.807, 2.05) is 25.7 Å². The number of nitrogens with one attached hydrogen (secondary N) is 1. The molecule has 1 fully saturated rings. The summed E-state index contributed by atoms with van der Waals surface area (Å²) >= 11 is 0. The number of unbranched alkanes of at least 4 members (excludes halogenated alkanes) is 6. The summed E-state index contributed by atoms with van der Waals surface area (Å²) in [4.78, 5) is 13.9. The van der Waals surface area contributed by atoms with E-state index < -0.39 is 5.60 Å². The van der Waals surface area contributed by atoms with E-state index >= 15 is 0 Å². The van der Waals surface area contributed by atoms with Gasteiger partial charge in [-0.1, -0.05) is 45.4 Å². The van der Waals surface area contributed by atoms with Gasteiger partial charge in [-0.05, 0) is 65.5 Å². The molecule has 1 heterocycles. The molecule has 0 aliphatic carbocycles. The molecule has 0 saturated carbocycles. The Bertz CT molecular complexity index is 344. The molecular weight excluding hydrogens is 312 g/mol. The summed E-state index contributed by atoms with van der Waals surface area (Å²) in [5.41, 5.74) is -0.395. The van der Waals surface area contributed by atoms with Gasteiger partial charge in [-0.15, -0.1) is 0 Å². The smallest absolute Gasteiger partial charge is 0.410 e. The predicted molar refractivity (Wildman–Crippen MR) is 106 cm³/mol. The second-order valence-corrected chi connectivity index (χ2v) is 8.57. The Morgan fingerprint density at radius 2 is 1.60 bits per heavy atom. The van der Waals surface area contributed by atoms with Crippen LogP contribution in [0.5, 0.6) is 0 Å². The molecule has 1 amide bonds. The molecule has 148 valence electrons. The molecule has 0 aromatic carbocycles. The molecule has 0 unspecified atom stereocenters. The summed E-state index contributed by atoms with van der Waals surface area (Å²) in [6, 6.07) is 0. The first-order valence-electron chi connectivity index (χ1n) is 10.6. The van der Waals surface area contributed by atoms with Crippen LogP contribution < -0.4 is 5.32 Å². The zero-order valence-corrected chi connectivity index (χ0v) is 17.2. The minimum absolute atomic E-state index is 0.150. The van der Waals surface area contributed by atoms with Crippen LogP contribution in [0.15, 0.2) is 0 Å². The highest BCUT2D eigenvalue weighted by Crippen LogP contribution is 2.21. The fourth-order valence-corrected chi connectivity index (χ4v) is 3.37. The number of likely N-dealkylation sites (tertiary alicyclic amines) is 1. The highest BCUT2D eigenvalue weighted by atomic mass is 16.6. The molecule has 4 heteroatoms. The van der Waals surface area contributed by atoms with Crippen LogP contribution in [0, 0.1) is 5.92 Å². The minimum Gasteiger partial charge on any atom is -0.444 e. The molecule has 25 heavy (non-hydrogen) atoms. The maximum Gasteiger partial charge on any atom is 0.410 e. The molecule has 1 saturated heterocycles. The number of hydrogen-bond donors (Lipinski definition) is 1. The third kappa shape index (κ3) is 11.5. The van der Waals surface area contributed by atoms with Crippen LogP contribution in [-0.2, 0) is 4.74 Å². The van der Waals surface area contributed by atoms with Crippen LogP contribution in [0.25, 0.3) is 0 Å². The van der Waals surface area contributed by atoms with E-state index in [-0.39, 0.29) is 6.09 Å². The maximum absolute atomic E-state index is 12.1. The number of hydrogen-bond acceptors (Lipinski definition) is 3. The average Bonchev–Trinajstić information content (AvgIpc) is 2.55. The normalized spacial score (nSPS) is 16.2. The predicted octanol–water partition coefficient (Wildman–Crippen LogP) is 5.36. The third-order valence-corrected chi connectivity index (χ3v) is 4.95. The zero-order valence-electron chi connectivity index (χ0n) is 17.2. The lowest BCUT2D eigenvalue weighted by Crippen LogP contribution is -2.42. The van der Waals surface area contributed by atoms with Crippen LogP contribution in [0.1, 0.15) is 91.9 Å². The van der Waals surface area contributed by atoms with Crippen molar-refractivity contribution in [3.8, 4) is 0 Å². The quantitative estimate of drug-likeness (QED) is 0.508. The van der Waals surface area contributed by atoms with Crippen molar-refractivity contribution in [2.45, 2.75) is 97.5 Å². The summed E-state index contributed by atoms with van der Waals surface area (Å²) in [7, 11) is 0. The first kappa shape index (κ1) is 22.3. The van der Waals surface area contributed by atoms with E-state index in [1.54, 1.807) is 0 Å². The van der Waals surface area contributed by atoms with Crippen molar-refractivity contribution in [3.05, 3.63) is 0 Å². The molecule has 1 rings (SSSR count). The molecule has 0 bridgehead atoms. The van der Waals surface area contributed by atoms with Crippen molar-refractivity contribution < 1.29 is 9.53 Å². The van der Waals surface area contributed by atoms with Crippen molar-refractivity contribution in [1.82, 2.24) is 10.2 Å². The number of amides is 1. The highest BCUT2D eigenvalue weighted by molar-refractivity contribution is 5.68. The molecule has 0 radical (unpaired) electrons. The highest BCUT2D eigenvalue weighted by Gasteiger charge is 2.26. The van der Waals surface area contributed by atoms with Crippen molar-refractivity contribution in [2.75, 3.05) is 26.2 Å². The number of piperidine rings is 1. The molecule has 0 aromatic rings. The zero-order chi connectivity index (χ0) is 18.5. The van der Waals surface area contributed by atoms with Gasteiger partial charge in [0.1, 0.15) is 5.60 Å². The van der Waals surface area contributed by atoms with Gasteiger partial charge in [0.25, 0.3) is 0 Å². The Morgan fingerprint density at radius 3 is 2.20 bits per heavy atom. The van der Waals surface area contributed by atoms with E-state index in [0.29, 0.717) is 0 Å². The standard InChI is InChI=1S/C21H42N2O2/c1-5-6-7-8-9-10-11-15-22-16-12-19-13-17-23(18-14-19)20(24)25-21(2,3)4/h19,22H,5-18H2,1-4H3. The monoisotopic (exact) mass is 354 g/mol. The van der Waals surface area contributed by atoms with Crippen molar-refractivity contribution in [3.63, 3.8) is 0 Å². The topological polar surface area (TPSA) is 41.6 Å². The lowest BCUT2D eigenvalue weighted by Gasteiger charge is -2.33. The van der Waals surface area contributed by atoms with Gasteiger partial charge < -0.3 is 15.0 Å². The SMILES string of the molecule is CCCCCCCCCNCCC1CCN(C(=O)OC(C)(C)C)CC1. The minimum atomic E-state index is -0.395. The van der Waals surface area contributed by atoms with Crippen molar-refractivity contribution in [1.29, 1.82) is 0 Å². The molecule has 1 aliphatic heterocycles. The van der Waals surface area contributed by atoms with E-state index in [2.05, 4.69) is 12.2 Å². The van der Waals surface area contributed by atoms with Crippen LogP contribution in [-0.4, -0.2) is 42.8 Å². The van der Waals surface area contributed by atoms with E-state index in [0.717, 1.165) is 44.9 Å². The number of rotatable bonds is 11. The van der Waals surface area contributed by atoms with Crippen LogP contribution in [0.4, 0.5) is 4.79 Å². The van der Waals surface area contributed by atoms with Gasteiger partial charge in [0.2, 0.25) is 0 Å².